The molecule has 2 amide bonds. The van der Waals surface area contributed by atoms with Crippen molar-refractivity contribution in [3.63, 3.8) is 0 Å². The zero-order valence-corrected chi connectivity index (χ0v) is 45.5. The van der Waals surface area contributed by atoms with Crippen LogP contribution in [0.5, 0.6) is 23.0 Å². The van der Waals surface area contributed by atoms with Gasteiger partial charge in [-0.2, -0.15) is 0 Å². The van der Waals surface area contributed by atoms with Gasteiger partial charge in [-0.25, -0.2) is 28.8 Å². The standard InChI is InChI=1S/C21H31N3O5.C18H24N2O4.C18H14O8/c1-21(2,3)29-20(26)23-15-10-16-13-9-18(28-5)17(27-4)8-12(13)6-7-24(16)11-14(15)19(22)25;1-4-24-18(21)13-10-20-6-5-11-7-16(22-2)17(23-3)8-12(11)15(20)9-14(13)19;19-15(20)13(25-17(23)11-7-3-1-4-8-11)14(16(21)22)26-18(24)12-9-5-2-6-10-12/h8-9,14-16H,6-7,10-11H2,1-5H3,(H2,22,25)(H,23,26);7-8,15H,4-6,9-10,19H2,1-3H3;1-10,13-14H,(H,19,20)(H,21,22)/t14-,15-,16-;15-;13-,14-/m000/s1. The van der Waals surface area contributed by atoms with Crippen molar-refractivity contribution in [2.75, 3.05) is 61.2 Å². The third kappa shape index (κ3) is 15.0. The maximum atomic E-state index is 12.3. The number of alkyl carbamates (subject to hydrolysis) is 1. The van der Waals surface area contributed by atoms with E-state index < -0.39 is 65.6 Å². The lowest BCUT2D eigenvalue weighted by atomic mass is 9.80. The van der Waals surface area contributed by atoms with E-state index >= 15 is 0 Å². The Kier molecular flexibility index (Phi) is 20.3. The summed E-state index contributed by atoms with van der Waals surface area (Å²) in [6, 6.07) is 22.7. The number of nitrogens with zero attached hydrogens (tertiary/aromatic N) is 2. The lowest BCUT2D eigenvalue weighted by Gasteiger charge is -2.46. The minimum atomic E-state index is -2.21. The summed E-state index contributed by atoms with van der Waals surface area (Å²) < 4.78 is 41.8. The van der Waals surface area contributed by atoms with E-state index in [1.54, 1.807) is 68.3 Å². The summed E-state index contributed by atoms with van der Waals surface area (Å²) in [4.78, 5) is 87.9. The number of piperidine rings is 1. The highest BCUT2D eigenvalue weighted by molar-refractivity contribution is 5.95. The number of nitrogens with one attached hydrogen (secondary N) is 1. The second-order valence-corrected chi connectivity index (χ2v) is 19.8. The van der Waals surface area contributed by atoms with E-state index in [0.717, 1.165) is 43.0 Å². The minimum Gasteiger partial charge on any atom is -0.493 e. The van der Waals surface area contributed by atoms with Crippen molar-refractivity contribution < 1.29 is 81.7 Å². The molecule has 22 heteroatoms. The Morgan fingerprint density at radius 1 is 0.671 bits per heavy atom. The molecular formula is C57H69N5O17. The summed E-state index contributed by atoms with van der Waals surface area (Å²) in [5.74, 6) is -3.98. The van der Waals surface area contributed by atoms with Gasteiger partial charge in [0.15, 0.2) is 23.0 Å². The zero-order valence-electron chi connectivity index (χ0n) is 45.5. The highest BCUT2D eigenvalue weighted by Crippen LogP contribution is 2.44. The fourth-order valence-electron chi connectivity index (χ4n) is 9.82. The predicted molar refractivity (Wildman–Crippen MR) is 285 cm³/mol. The fraction of sp³-hybridized carbons (Fsp3) is 0.421. The van der Waals surface area contributed by atoms with Crippen molar-refractivity contribution in [1.29, 1.82) is 0 Å². The second kappa shape index (κ2) is 26.8. The molecule has 6 atom stereocenters. The first-order valence-corrected chi connectivity index (χ1v) is 25.5. The molecule has 0 aliphatic carbocycles. The number of aliphatic carboxylic acids is 2. The number of ether oxygens (including phenoxy) is 8. The minimum absolute atomic E-state index is 0.0253. The number of hydrogen-bond acceptors (Lipinski definition) is 18. The third-order valence-electron chi connectivity index (χ3n) is 13.6. The zero-order chi connectivity index (χ0) is 57.7. The molecule has 4 aromatic rings. The van der Waals surface area contributed by atoms with E-state index in [4.69, 9.17) is 49.4 Å². The Balaban J connectivity index is 0.000000192. The molecule has 4 heterocycles. The highest BCUT2D eigenvalue weighted by Gasteiger charge is 2.44. The van der Waals surface area contributed by atoms with Crippen molar-refractivity contribution in [2.45, 2.75) is 89.3 Å². The van der Waals surface area contributed by atoms with Crippen LogP contribution in [0.4, 0.5) is 4.79 Å². The van der Waals surface area contributed by atoms with Crippen LogP contribution in [0, 0.1) is 5.92 Å². The number of amides is 2. The smallest absolute Gasteiger partial charge is 0.407 e. The van der Waals surface area contributed by atoms with Gasteiger partial charge >= 0.3 is 35.9 Å². The van der Waals surface area contributed by atoms with Crippen LogP contribution in [-0.4, -0.2) is 147 Å². The van der Waals surface area contributed by atoms with Crippen LogP contribution in [0.2, 0.25) is 0 Å². The Morgan fingerprint density at radius 2 is 1.13 bits per heavy atom. The molecule has 1 saturated heterocycles. The molecule has 4 aliphatic rings. The van der Waals surface area contributed by atoms with Gasteiger partial charge in [0.05, 0.1) is 57.7 Å². The number of rotatable bonds is 15. The van der Waals surface area contributed by atoms with E-state index in [0.29, 0.717) is 55.3 Å². The van der Waals surface area contributed by atoms with Gasteiger partial charge in [-0.05, 0) is 118 Å². The van der Waals surface area contributed by atoms with Crippen LogP contribution in [0.15, 0.2) is 96.2 Å². The first-order chi connectivity index (χ1) is 37.6. The number of carbonyl (C=O) groups excluding carboxylic acids is 5. The Labute approximate surface area is 457 Å². The van der Waals surface area contributed by atoms with Crippen molar-refractivity contribution >= 4 is 41.8 Å². The molecule has 4 aliphatic heterocycles. The number of carboxylic acid groups (broad SMARTS) is 2. The van der Waals surface area contributed by atoms with Crippen molar-refractivity contribution in [3.8, 4) is 23.0 Å². The van der Waals surface area contributed by atoms with E-state index in [-0.39, 0.29) is 29.2 Å². The number of hydrogen-bond donors (Lipinski definition) is 5. The molecule has 22 nitrogen and oxygen atoms in total. The Morgan fingerprint density at radius 3 is 1.56 bits per heavy atom. The maximum absolute atomic E-state index is 12.3. The molecule has 0 spiro atoms. The van der Waals surface area contributed by atoms with Crippen LogP contribution in [-0.2, 0) is 51.0 Å². The predicted octanol–water partition coefficient (Wildman–Crippen LogP) is 5.39. The summed E-state index contributed by atoms with van der Waals surface area (Å²) >= 11 is 0. The second-order valence-electron chi connectivity index (χ2n) is 19.8. The number of methoxy groups -OCH3 is 4. The lowest BCUT2D eigenvalue weighted by Crippen LogP contribution is -2.57. The molecule has 0 saturated carbocycles. The van der Waals surface area contributed by atoms with Gasteiger partial charge in [0, 0.05) is 56.4 Å². The van der Waals surface area contributed by atoms with Gasteiger partial charge in [-0.15, -0.1) is 0 Å². The van der Waals surface area contributed by atoms with Gasteiger partial charge in [0.2, 0.25) is 18.1 Å². The number of carbonyl (C=O) groups is 7. The average Bonchev–Trinajstić information content (AvgIpc) is 3.49. The van der Waals surface area contributed by atoms with Crippen LogP contribution >= 0.6 is 0 Å². The van der Waals surface area contributed by atoms with Crippen molar-refractivity contribution in [1.82, 2.24) is 15.1 Å². The van der Waals surface area contributed by atoms with Crippen molar-refractivity contribution in [2.24, 2.45) is 17.4 Å². The van der Waals surface area contributed by atoms with Gasteiger partial charge in [0.25, 0.3) is 0 Å². The summed E-state index contributed by atoms with van der Waals surface area (Å²) in [5, 5.41) is 21.4. The summed E-state index contributed by atoms with van der Waals surface area (Å²) in [5.41, 5.74) is 17.3. The Hall–Kier alpha value is -8.37. The fourth-order valence-corrected chi connectivity index (χ4v) is 9.82. The number of fused-ring (bicyclic) bond motifs is 6. The van der Waals surface area contributed by atoms with Gasteiger partial charge in [0.1, 0.15) is 5.60 Å². The molecular weight excluding hydrogens is 1030 g/mol. The molecule has 8 rings (SSSR count). The quantitative estimate of drug-likeness (QED) is 0.0736. The normalized spacial score (nSPS) is 19.1. The summed E-state index contributed by atoms with van der Waals surface area (Å²) in [7, 11) is 6.52. The number of nitrogens with two attached hydrogens (primary N) is 2. The molecule has 0 bridgehead atoms. The molecule has 4 aromatic carbocycles. The molecule has 0 radical (unpaired) electrons. The summed E-state index contributed by atoms with van der Waals surface area (Å²) in [6.45, 7) is 10.3. The van der Waals surface area contributed by atoms with Gasteiger partial charge < -0.3 is 64.9 Å². The van der Waals surface area contributed by atoms with E-state index in [2.05, 4.69) is 15.1 Å². The highest BCUT2D eigenvalue weighted by atomic mass is 16.6. The van der Waals surface area contributed by atoms with Crippen molar-refractivity contribution in [3.05, 3.63) is 130 Å². The maximum Gasteiger partial charge on any atom is 0.407 e. The number of benzene rings is 4. The van der Waals surface area contributed by atoms with Crippen LogP contribution < -0.4 is 35.7 Å². The van der Waals surface area contributed by atoms with Gasteiger partial charge in [-0.1, -0.05) is 36.4 Å². The number of primary amides is 1. The topological polar surface area (TPSA) is 304 Å². The monoisotopic (exact) mass is 1100 g/mol. The van der Waals surface area contributed by atoms with Crippen LogP contribution in [0.3, 0.4) is 0 Å². The first-order valence-electron chi connectivity index (χ1n) is 25.5. The molecule has 0 unspecified atom stereocenters. The van der Waals surface area contributed by atoms with Crippen LogP contribution in [0.25, 0.3) is 0 Å². The van der Waals surface area contributed by atoms with E-state index in [1.807, 2.05) is 24.3 Å². The van der Waals surface area contributed by atoms with E-state index in [9.17, 15) is 43.8 Å². The third-order valence-corrected chi connectivity index (χ3v) is 13.6. The lowest BCUT2D eigenvalue weighted by molar-refractivity contribution is -0.166. The molecule has 0 aromatic heterocycles. The molecule has 1 fully saturated rings. The van der Waals surface area contributed by atoms with Gasteiger partial charge in [-0.3, -0.25) is 14.6 Å². The average molecular weight is 1100 g/mol. The summed E-state index contributed by atoms with van der Waals surface area (Å²) in [6.07, 6.45) is -2.03. The molecule has 79 heavy (non-hydrogen) atoms. The van der Waals surface area contributed by atoms with E-state index in [1.165, 1.54) is 65.2 Å². The molecule has 424 valence electrons. The SMILES string of the molecule is CCOC(=O)C1=C(N)C[C@H]2c3cc(OC)c(OC)cc3CCN2C1.COc1cc2c(cc1OC)[C@@H]1C[C@H](NC(=O)OC(C)(C)C)[C@@H](C(N)=O)CN1CC2.O=C(O[C@H](C(=O)O)[C@H](OC(=O)c1ccccc1)C(=O)O)c1ccccc1. The van der Waals surface area contributed by atoms with Crippen LogP contribution in [0.1, 0.15) is 95.6 Å². The molecule has 7 N–H and O–H groups in total. The first kappa shape index (κ1) is 59.9. The largest absolute Gasteiger partial charge is 0.493 e. The number of esters is 3. The Bertz CT molecular complexity index is 2820. The number of carboxylic acids is 2.